The molecule has 2 rings (SSSR count). The van der Waals surface area contributed by atoms with Crippen molar-refractivity contribution in [1.29, 1.82) is 0 Å². The van der Waals surface area contributed by atoms with Crippen LogP contribution in [-0.4, -0.2) is 62.4 Å². The average molecular weight is 711 g/mol. The van der Waals surface area contributed by atoms with Gasteiger partial charge in [-0.25, -0.2) is 0 Å². The largest absolute Gasteiger partial charge is 0.379 e. The third-order valence-corrected chi connectivity index (χ3v) is 10.7. The van der Waals surface area contributed by atoms with E-state index in [4.69, 9.17) is 28.4 Å². The first-order valence-electron chi connectivity index (χ1n) is 22.1. The molecule has 4 atom stereocenters. The Morgan fingerprint density at radius 2 is 0.880 bits per heavy atom. The molecule has 0 bridgehead atoms. The lowest BCUT2D eigenvalue weighted by Crippen LogP contribution is -2.47. The van der Waals surface area contributed by atoms with Gasteiger partial charge in [0, 0.05) is 13.2 Å². The van der Waals surface area contributed by atoms with Crippen LogP contribution in [0.15, 0.2) is 0 Å². The van der Waals surface area contributed by atoms with E-state index in [9.17, 15) is 0 Å². The van der Waals surface area contributed by atoms with E-state index in [1.54, 1.807) is 0 Å². The predicted molar refractivity (Wildman–Crippen MR) is 210 cm³/mol. The zero-order valence-electron chi connectivity index (χ0n) is 34.4. The van der Waals surface area contributed by atoms with Gasteiger partial charge in [0.15, 0.2) is 11.6 Å². The normalized spacial score (nSPS) is 22.1. The highest BCUT2D eigenvalue weighted by Gasteiger charge is 2.52. The predicted octanol–water partition coefficient (Wildman–Crippen LogP) is 13.0. The van der Waals surface area contributed by atoms with Crippen LogP contribution in [0.4, 0.5) is 0 Å². The molecule has 2 aliphatic heterocycles. The molecule has 6 nitrogen and oxygen atoms in total. The Morgan fingerprint density at radius 1 is 0.480 bits per heavy atom. The first kappa shape index (κ1) is 45.9. The summed E-state index contributed by atoms with van der Waals surface area (Å²) in [5.41, 5.74) is 0. The third kappa shape index (κ3) is 22.7. The summed E-state index contributed by atoms with van der Waals surface area (Å²) in [5.74, 6) is -1.31. The lowest BCUT2D eigenvalue weighted by atomic mass is 10.0. The Balaban J connectivity index is 1.63. The molecule has 0 unspecified atom stereocenters. The van der Waals surface area contributed by atoms with Crippen molar-refractivity contribution >= 4 is 0 Å². The molecule has 0 saturated carbocycles. The molecule has 0 aromatic heterocycles. The fraction of sp³-hybridized carbons (Fsp3) is 1.00. The van der Waals surface area contributed by atoms with Gasteiger partial charge in [0.05, 0.1) is 13.2 Å². The average Bonchev–Trinajstić information content (AvgIpc) is 3.62. The van der Waals surface area contributed by atoms with Crippen molar-refractivity contribution in [2.75, 3.05) is 26.4 Å². The molecule has 50 heavy (non-hydrogen) atoms. The van der Waals surface area contributed by atoms with Crippen molar-refractivity contribution in [1.82, 2.24) is 0 Å². The van der Waals surface area contributed by atoms with Gasteiger partial charge in [-0.1, -0.05) is 181 Å². The van der Waals surface area contributed by atoms with Crippen LogP contribution in [0.25, 0.3) is 0 Å². The highest BCUT2D eigenvalue weighted by atomic mass is 16.8. The molecule has 298 valence electrons. The van der Waals surface area contributed by atoms with Gasteiger partial charge in [0.2, 0.25) is 0 Å². The Kier molecular flexibility index (Phi) is 26.8. The summed E-state index contributed by atoms with van der Waals surface area (Å²) in [6, 6.07) is 0. The van der Waals surface area contributed by atoms with Crippen molar-refractivity contribution < 1.29 is 28.4 Å². The van der Waals surface area contributed by atoms with Gasteiger partial charge in [-0.15, -0.1) is 0 Å². The molecule has 6 heteroatoms. The van der Waals surface area contributed by atoms with Gasteiger partial charge in [-0.3, -0.25) is 0 Å². The molecule has 2 saturated heterocycles. The number of hydrogen-bond donors (Lipinski definition) is 0. The second-order valence-electron chi connectivity index (χ2n) is 16.6. The molecule has 0 aromatic carbocycles. The molecule has 2 heterocycles. The van der Waals surface area contributed by atoms with Crippen LogP contribution in [0, 0.1) is 0 Å². The molecule has 0 N–H and O–H groups in total. The van der Waals surface area contributed by atoms with Crippen molar-refractivity contribution in [3.05, 3.63) is 0 Å². The maximum absolute atomic E-state index is 6.57. The van der Waals surface area contributed by atoms with Crippen molar-refractivity contribution in [3.63, 3.8) is 0 Å². The fourth-order valence-corrected chi connectivity index (χ4v) is 7.64. The maximum atomic E-state index is 6.57. The van der Waals surface area contributed by atoms with Gasteiger partial charge >= 0.3 is 0 Å². The van der Waals surface area contributed by atoms with Crippen molar-refractivity contribution in [2.24, 2.45) is 0 Å². The second-order valence-corrected chi connectivity index (χ2v) is 16.6. The van der Waals surface area contributed by atoms with E-state index in [1.807, 2.05) is 27.7 Å². The van der Waals surface area contributed by atoms with Crippen LogP contribution >= 0.6 is 0 Å². The third-order valence-electron chi connectivity index (χ3n) is 10.7. The fourth-order valence-electron chi connectivity index (χ4n) is 7.64. The van der Waals surface area contributed by atoms with Gasteiger partial charge in [0.1, 0.15) is 24.4 Å². The number of unbranched alkanes of at least 4 members (excludes halogenated alkanes) is 26. The highest BCUT2D eigenvalue weighted by Crippen LogP contribution is 2.37. The minimum Gasteiger partial charge on any atom is -0.379 e. The van der Waals surface area contributed by atoms with Gasteiger partial charge in [0.25, 0.3) is 0 Å². The Bertz CT molecular complexity index is 757. The quantitative estimate of drug-likeness (QED) is 0.0610. The van der Waals surface area contributed by atoms with E-state index in [-0.39, 0.29) is 24.4 Å². The van der Waals surface area contributed by atoms with Crippen LogP contribution in [0.5, 0.6) is 0 Å². The van der Waals surface area contributed by atoms with Crippen molar-refractivity contribution in [3.8, 4) is 0 Å². The zero-order chi connectivity index (χ0) is 36.2. The summed E-state index contributed by atoms with van der Waals surface area (Å²) in [4.78, 5) is 0. The highest BCUT2D eigenvalue weighted by molar-refractivity contribution is 4.94. The van der Waals surface area contributed by atoms with Crippen LogP contribution in [0.1, 0.15) is 221 Å². The SMILES string of the molecule is CCCCCCCCCCCCCCCCOC[C@@H](OCCCCCCCCCCCCCCCC)[C@H]1OC(C)(C)O[C@@H]1[C@H]1COC(C)(C)O1. The Morgan fingerprint density at radius 3 is 1.28 bits per heavy atom. The summed E-state index contributed by atoms with van der Waals surface area (Å²) in [6.45, 7) is 15.0. The standard InChI is InChI=1S/C44H86O6/c1-7-9-11-13-15-17-19-21-23-25-27-29-31-33-35-45-37-39(41-42(50-44(5,6)49-41)40-38-47-43(3,4)48-40)46-36-34-32-30-28-26-24-22-20-18-16-14-12-10-8-2/h39-42H,7-38H2,1-6H3/t39-,40-,41-,42-/m1/s1. The van der Waals surface area contributed by atoms with E-state index in [1.165, 1.54) is 167 Å². The molecule has 2 fully saturated rings. The number of rotatable bonds is 35. The Labute approximate surface area is 311 Å². The molecule has 0 spiro atoms. The van der Waals surface area contributed by atoms with E-state index < -0.39 is 11.6 Å². The van der Waals surface area contributed by atoms with Crippen LogP contribution < -0.4 is 0 Å². The van der Waals surface area contributed by atoms with E-state index in [0.29, 0.717) is 13.2 Å². The van der Waals surface area contributed by atoms with Gasteiger partial charge < -0.3 is 28.4 Å². The lowest BCUT2D eigenvalue weighted by molar-refractivity contribution is -0.176. The van der Waals surface area contributed by atoms with Crippen LogP contribution in [-0.2, 0) is 28.4 Å². The van der Waals surface area contributed by atoms with E-state index in [2.05, 4.69) is 13.8 Å². The summed E-state index contributed by atoms with van der Waals surface area (Å²) in [7, 11) is 0. The van der Waals surface area contributed by atoms with Crippen LogP contribution in [0.2, 0.25) is 0 Å². The molecule has 0 aromatic rings. The first-order chi connectivity index (χ1) is 24.3. The summed E-state index contributed by atoms with van der Waals surface area (Å²) >= 11 is 0. The molecular weight excluding hydrogens is 624 g/mol. The van der Waals surface area contributed by atoms with Crippen molar-refractivity contribution in [2.45, 2.75) is 257 Å². The molecule has 2 aliphatic rings. The van der Waals surface area contributed by atoms with E-state index in [0.717, 1.165) is 26.1 Å². The van der Waals surface area contributed by atoms with Gasteiger partial charge in [-0.2, -0.15) is 0 Å². The molecule has 0 radical (unpaired) electrons. The lowest BCUT2D eigenvalue weighted by Gasteiger charge is -2.29. The molecule has 0 amide bonds. The minimum absolute atomic E-state index is 0.185. The smallest absolute Gasteiger partial charge is 0.164 e. The van der Waals surface area contributed by atoms with Gasteiger partial charge in [-0.05, 0) is 40.5 Å². The van der Waals surface area contributed by atoms with E-state index >= 15 is 0 Å². The molecular formula is C44H86O6. The monoisotopic (exact) mass is 711 g/mol. The Hall–Kier alpha value is -0.240. The summed E-state index contributed by atoms with van der Waals surface area (Å²) in [5, 5.41) is 0. The molecule has 0 aliphatic carbocycles. The number of hydrogen-bond acceptors (Lipinski definition) is 6. The zero-order valence-corrected chi connectivity index (χ0v) is 34.4. The summed E-state index contributed by atoms with van der Waals surface area (Å²) in [6.07, 6.45) is 37.2. The topological polar surface area (TPSA) is 55.4 Å². The van der Waals surface area contributed by atoms with Crippen LogP contribution in [0.3, 0.4) is 0 Å². The second kappa shape index (κ2) is 29.2. The first-order valence-corrected chi connectivity index (χ1v) is 22.1. The minimum atomic E-state index is -0.698. The maximum Gasteiger partial charge on any atom is 0.164 e. The number of ether oxygens (including phenoxy) is 6. The summed E-state index contributed by atoms with van der Waals surface area (Å²) < 4.78 is 37.9.